The summed E-state index contributed by atoms with van der Waals surface area (Å²) in [6.07, 6.45) is 4.06. The number of nitrogens with zero attached hydrogens (tertiary/aromatic N) is 3. The first-order valence-corrected chi connectivity index (χ1v) is 13.8. The molecule has 7 nitrogen and oxygen atoms in total. The third-order valence-corrected chi connectivity index (χ3v) is 8.77. The van der Waals surface area contributed by atoms with E-state index < -0.39 is 10.0 Å². The van der Waals surface area contributed by atoms with E-state index in [4.69, 9.17) is 4.74 Å². The number of hydrogen-bond acceptors (Lipinski definition) is 6. The van der Waals surface area contributed by atoms with Crippen LogP contribution in [0.1, 0.15) is 11.1 Å². The molecule has 6 rings (SSSR count). The first-order chi connectivity index (χ1) is 18.5. The third kappa shape index (κ3) is 4.49. The molecule has 0 bridgehead atoms. The molecular formula is C30H26N4O3S. The first-order valence-electron chi connectivity index (χ1n) is 12.3. The number of pyridine rings is 2. The first kappa shape index (κ1) is 24.1. The van der Waals surface area contributed by atoms with Crippen LogP contribution in [0.5, 0.6) is 5.75 Å². The molecule has 0 saturated carbocycles. The summed E-state index contributed by atoms with van der Waals surface area (Å²) in [7, 11) is -2.14. The van der Waals surface area contributed by atoms with Crippen molar-refractivity contribution in [3.05, 3.63) is 108 Å². The molecule has 190 valence electrons. The summed E-state index contributed by atoms with van der Waals surface area (Å²) in [4.78, 5) is 9.38. The lowest BCUT2D eigenvalue weighted by molar-refractivity contribution is 0.391. The van der Waals surface area contributed by atoms with Crippen molar-refractivity contribution >= 4 is 32.4 Å². The summed E-state index contributed by atoms with van der Waals surface area (Å²) in [5.74, 6) is 1.45. The molecule has 1 aliphatic rings. The van der Waals surface area contributed by atoms with E-state index in [1.165, 1.54) is 0 Å². The summed E-state index contributed by atoms with van der Waals surface area (Å²) in [5.41, 5.74) is 5.22. The van der Waals surface area contributed by atoms with Crippen molar-refractivity contribution in [3.8, 4) is 16.9 Å². The summed E-state index contributed by atoms with van der Waals surface area (Å²) in [6.45, 7) is 0.643. The van der Waals surface area contributed by atoms with Gasteiger partial charge in [0, 0.05) is 35.8 Å². The van der Waals surface area contributed by atoms with Gasteiger partial charge in [0.15, 0.2) is 0 Å². The Bertz CT molecular complexity index is 1740. The molecule has 3 heterocycles. The van der Waals surface area contributed by atoms with Gasteiger partial charge in [-0.05, 0) is 53.9 Å². The molecule has 2 aromatic heterocycles. The van der Waals surface area contributed by atoms with Gasteiger partial charge in [-0.3, -0.25) is 4.98 Å². The highest BCUT2D eigenvalue weighted by atomic mass is 32.2. The zero-order valence-electron chi connectivity index (χ0n) is 20.8. The van der Waals surface area contributed by atoms with Gasteiger partial charge in [0.25, 0.3) is 0 Å². The number of sulfonamides is 1. The topological polar surface area (TPSA) is 84.4 Å². The minimum atomic E-state index is -3.74. The molecule has 0 unspecified atom stereocenters. The Hall–Kier alpha value is -4.27. The maximum absolute atomic E-state index is 13.9. The van der Waals surface area contributed by atoms with Crippen LogP contribution in [0.4, 0.5) is 11.5 Å². The highest BCUT2D eigenvalue weighted by Gasteiger charge is 2.31. The average Bonchev–Trinajstić information content (AvgIpc) is 2.97. The molecule has 8 heteroatoms. The minimum Gasteiger partial charge on any atom is -0.497 e. The molecule has 3 aromatic carbocycles. The monoisotopic (exact) mass is 522 g/mol. The Morgan fingerprint density at radius 2 is 1.71 bits per heavy atom. The van der Waals surface area contributed by atoms with Gasteiger partial charge in [-0.1, -0.05) is 48.5 Å². The van der Waals surface area contributed by atoms with Gasteiger partial charge in [-0.15, -0.1) is 0 Å². The van der Waals surface area contributed by atoms with Crippen molar-refractivity contribution in [1.82, 2.24) is 14.3 Å². The number of ether oxygens (including phenoxy) is 1. The Morgan fingerprint density at radius 3 is 2.55 bits per heavy atom. The Morgan fingerprint density at radius 1 is 0.921 bits per heavy atom. The number of fused-ring (bicyclic) bond motifs is 2. The lowest BCUT2D eigenvalue weighted by Crippen LogP contribution is -2.36. The van der Waals surface area contributed by atoms with Crippen molar-refractivity contribution in [2.45, 2.75) is 17.9 Å². The number of anilines is 2. The number of methoxy groups -OCH3 is 1. The maximum Gasteiger partial charge on any atom is 0.244 e. The summed E-state index contributed by atoms with van der Waals surface area (Å²) < 4.78 is 34.6. The fourth-order valence-corrected chi connectivity index (χ4v) is 6.53. The minimum absolute atomic E-state index is 0.280. The van der Waals surface area contributed by atoms with Crippen molar-refractivity contribution in [1.29, 1.82) is 0 Å². The molecule has 0 fully saturated rings. The third-order valence-electron chi connectivity index (χ3n) is 6.87. The molecule has 0 atom stereocenters. The standard InChI is InChI=1S/C30H26N4O3S/c1-37-25-12-10-21(11-13-25)26-7-3-5-9-29(26)38(35,36)34-17-15-27-23(20-34)14-16-31-30(27)33-24-18-22-6-2-4-8-28(22)32-19-24/h2-14,16,18-19H,15,17,20H2,1H3,(H,31,33). The predicted octanol–water partition coefficient (Wildman–Crippen LogP) is 5.80. The van der Waals surface area contributed by atoms with E-state index >= 15 is 0 Å². The Kier molecular flexibility index (Phi) is 6.27. The lowest BCUT2D eigenvalue weighted by atomic mass is 10.0. The molecule has 1 N–H and O–H groups in total. The van der Waals surface area contributed by atoms with Gasteiger partial charge in [0.05, 0.1) is 29.4 Å². The van der Waals surface area contributed by atoms with Gasteiger partial charge in [0.1, 0.15) is 11.6 Å². The molecule has 1 aliphatic heterocycles. The molecule has 0 saturated heterocycles. The summed E-state index contributed by atoms with van der Waals surface area (Å²) in [6, 6.07) is 26.5. The summed E-state index contributed by atoms with van der Waals surface area (Å²) >= 11 is 0. The van der Waals surface area contributed by atoms with Gasteiger partial charge >= 0.3 is 0 Å². The van der Waals surface area contributed by atoms with Crippen LogP contribution in [-0.2, 0) is 23.0 Å². The average molecular weight is 523 g/mol. The van der Waals surface area contributed by atoms with Crippen LogP contribution in [0, 0.1) is 0 Å². The van der Waals surface area contributed by atoms with Crippen LogP contribution in [0.25, 0.3) is 22.0 Å². The molecular weight excluding hydrogens is 496 g/mol. The van der Waals surface area contributed by atoms with E-state index in [1.807, 2.05) is 72.8 Å². The predicted molar refractivity (Wildman–Crippen MR) is 149 cm³/mol. The molecule has 38 heavy (non-hydrogen) atoms. The number of rotatable bonds is 6. The van der Waals surface area contributed by atoms with Crippen LogP contribution in [0.3, 0.4) is 0 Å². The van der Waals surface area contributed by atoms with Crippen molar-refractivity contribution in [2.24, 2.45) is 0 Å². The molecule has 0 aliphatic carbocycles. The fourth-order valence-electron chi connectivity index (χ4n) is 4.89. The van der Waals surface area contributed by atoms with Gasteiger partial charge in [0.2, 0.25) is 10.0 Å². The molecule has 0 radical (unpaired) electrons. The maximum atomic E-state index is 13.9. The van der Waals surface area contributed by atoms with Crippen LogP contribution < -0.4 is 10.1 Å². The molecule has 0 spiro atoms. The quantitative estimate of drug-likeness (QED) is 0.304. The van der Waals surface area contributed by atoms with E-state index in [2.05, 4.69) is 15.3 Å². The smallest absolute Gasteiger partial charge is 0.244 e. The zero-order chi connectivity index (χ0) is 26.1. The van der Waals surface area contributed by atoms with Crippen molar-refractivity contribution in [2.75, 3.05) is 19.0 Å². The zero-order valence-corrected chi connectivity index (χ0v) is 21.7. The number of para-hydroxylation sites is 1. The molecule has 5 aromatic rings. The normalized spacial score (nSPS) is 13.7. The van der Waals surface area contributed by atoms with Crippen LogP contribution in [0.2, 0.25) is 0 Å². The van der Waals surface area contributed by atoms with E-state index in [-0.39, 0.29) is 6.54 Å². The van der Waals surface area contributed by atoms with Crippen molar-refractivity contribution in [3.63, 3.8) is 0 Å². The van der Waals surface area contributed by atoms with E-state index in [0.717, 1.165) is 44.8 Å². The van der Waals surface area contributed by atoms with Crippen LogP contribution >= 0.6 is 0 Å². The van der Waals surface area contributed by atoms with Crippen molar-refractivity contribution < 1.29 is 13.2 Å². The highest BCUT2D eigenvalue weighted by Crippen LogP contribution is 2.34. The Balaban J connectivity index is 1.28. The lowest BCUT2D eigenvalue weighted by Gasteiger charge is -2.29. The second kappa shape index (κ2) is 9.89. The van der Waals surface area contributed by atoms with Gasteiger partial charge in [-0.2, -0.15) is 4.31 Å². The number of benzene rings is 3. The van der Waals surface area contributed by atoms with Gasteiger partial charge in [-0.25, -0.2) is 13.4 Å². The van der Waals surface area contributed by atoms with Crippen LogP contribution in [-0.4, -0.2) is 36.3 Å². The summed E-state index contributed by atoms with van der Waals surface area (Å²) in [5, 5.41) is 4.43. The number of hydrogen-bond donors (Lipinski definition) is 1. The largest absolute Gasteiger partial charge is 0.497 e. The van der Waals surface area contributed by atoms with Gasteiger partial charge < -0.3 is 10.1 Å². The fraction of sp³-hybridized carbons (Fsp3) is 0.133. The second-order valence-electron chi connectivity index (χ2n) is 9.15. The van der Waals surface area contributed by atoms with E-state index in [1.54, 1.807) is 35.9 Å². The van der Waals surface area contributed by atoms with E-state index in [0.29, 0.717) is 23.4 Å². The van der Waals surface area contributed by atoms with Crippen LogP contribution in [0.15, 0.2) is 102 Å². The molecule has 0 amide bonds. The SMILES string of the molecule is COc1ccc(-c2ccccc2S(=O)(=O)N2CCc3c(ccnc3Nc3cnc4ccccc4c3)C2)cc1. The Labute approximate surface area is 221 Å². The number of aromatic nitrogens is 2. The highest BCUT2D eigenvalue weighted by molar-refractivity contribution is 7.89. The van der Waals surface area contributed by atoms with E-state index in [9.17, 15) is 8.42 Å². The second-order valence-corrected chi connectivity index (χ2v) is 11.1. The number of nitrogens with one attached hydrogen (secondary N) is 1.